The summed E-state index contributed by atoms with van der Waals surface area (Å²) in [7, 11) is 0. The van der Waals surface area contributed by atoms with Gasteiger partial charge in [-0.1, -0.05) is 66.2 Å². The molecule has 0 aromatic heterocycles. The zero-order valence-electron chi connectivity index (χ0n) is 21.2. The molecule has 0 fully saturated rings. The maximum absolute atomic E-state index is 12.3. The minimum atomic E-state index is -1.18. The normalized spacial score (nSPS) is 15.7. The number of ether oxygens (including phenoxy) is 1. The van der Waals surface area contributed by atoms with E-state index in [1.54, 1.807) is 6.92 Å². The van der Waals surface area contributed by atoms with E-state index in [-0.39, 0.29) is 0 Å². The van der Waals surface area contributed by atoms with E-state index in [2.05, 4.69) is 20.8 Å². The number of aliphatic hydroxyl groups excluding tert-OH is 1. The average Bonchev–Trinajstić information content (AvgIpc) is 2.66. The molecule has 0 radical (unpaired) electrons. The van der Waals surface area contributed by atoms with Crippen LogP contribution in [0.15, 0.2) is 0 Å². The van der Waals surface area contributed by atoms with Gasteiger partial charge in [0.25, 0.3) is 0 Å². The second kappa shape index (κ2) is 14.5. The standard InChI is InChI=1S/C26H52O4/c1-8-12-16-25(17-13-9-2,18-14-10-3)19-15-20-26(11-4,23(28)29)30-24(6,7)21-22(5)27/h22,27H,8-21H2,1-7H3,(H,28,29). The lowest BCUT2D eigenvalue weighted by molar-refractivity contribution is -0.195. The van der Waals surface area contributed by atoms with Gasteiger partial charge in [0.1, 0.15) is 0 Å². The summed E-state index contributed by atoms with van der Waals surface area (Å²) in [5.41, 5.74) is -1.51. The van der Waals surface area contributed by atoms with Crippen LogP contribution >= 0.6 is 0 Å². The molecule has 0 spiro atoms. The Morgan fingerprint density at radius 1 is 0.833 bits per heavy atom. The van der Waals surface area contributed by atoms with Gasteiger partial charge in [-0.3, -0.25) is 0 Å². The highest BCUT2D eigenvalue weighted by Gasteiger charge is 2.43. The van der Waals surface area contributed by atoms with Gasteiger partial charge < -0.3 is 14.9 Å². The molecule has 2 N–H and O–H groups in total. The van der Waals surface area contributed by atoms with Crippen LogP contribution in [0.4, 0.5) is 0 Å². The van der Waals surface area contributed by atoms with Gasteiger partial charge in [-0.2, -0.15) is 0 Å². The van der Waals surface area contributed by atoms with Crippen molar-refractivity contribution in [1.82, 2.24) is 0 Å². The second-order valence-electron chi connectivity index (χ2n) is 10.2. The number of carbonyl (C=O) groups is 1. The monoisotopic (exact) mass is 428 g/mol. The van der Waals surface area contributed by atoms with Crippen molar-refractivity contribution in [1.29, 1.82) is 0 Å². The Bertz CT molecular complexity index is 436. The Kier molecular flexibility index (Phi) is 14.2. The average molecular weight is 429 g/mol. The molecule has 0 amide bonds. The number of hydrogen-bond acceptors (Lipinski definition) is 3. The molecule has 0 saturated carbocycles. The fraction of sp³-hybridized carbons (Fsp3) is 0.962. The molecule has 30 heavy (non-hydrogen) atoms. The van der Waals surface area contributed by atoms with Gasteiger partial charge in [-0.15, -0.1) is 0 Å². The Morgan fingerprint density at radius 2 is 1.27 bits per heavy atom. The van der Waals surface area contributed by atoms with E-state index in [4.69, 9.17) is 4.74 Å². The molecule has 4 nitrogen and oxygen atoms in total. The lowest BCUT2D eigenvalue weighted by Crippen LogP contribution is -2.48. The van der Waals surface area contributed by atoms with Gasteiger partial charge in [-0.25, -0.2) is 4.79 Å². The number of carboxylic acids is 1. The van der Waals surface area contributed by atoms with Crippen LogP contribution in [0.2, 0.25) is 0 Å². The first-order chi connectivity index (χ1) is 14.0. The SMILES string of the molecule is CCCCC(CCCC)(CCCC)CCCC(CC)(OC(C)(C)CC(C)O)C(=O)O. The molecule has 2 atom stereocenters. The maximum atomic E-state index is 12.3. The van der Waals surface area contributed by atoms with E-state index < -0.39 is 23.3 Å². The Hall–Kier alpha value is -0.610. The molecular weight excluding hydrogens is 376 g/mol. The first kappa shape index (κ1) is 29.4. The topological polar surface area (TPSA) is 66.8 Å². The van der Waals surface area contributed by atoms with Crippen molar-refractivity contribution < 1.29 is 19.7 Å². The smallest absolute Gasteiger partial charge is 0.335 e. The number of aliphatic carboxylic acids is 1. The Morgan fingerprint density at radius 3 is 1.60 bits per heavy atom. The first-order valence-electron chi connectivity index (χ1n) is 12.6. The van der Waals surface area contributed by atoms with Crippen LogP contribution in [0.1, 0.15) is 138 Å². The summed E-state index contributed by atoms with van der Waals surface area (Å²) in [6.07, 6.45) is 14.0. The quantitative estimate of drug-likeness (QED) is 0.223. The molecule has 0 aromatic carbocycles. The Labute approximate surface area is 187 Å². The van der Waals surface area contributed by atoms with Crippen molar-refractivity contribution in [2.45, 2.75) is 156 Å². The molecule has 2 unspecified atom stereocenters. The van der Waals surface area contributed by atoms with E-state index in [9.17, 15) is 15.0 Å². The molecule has 0 aliphatic carbocycles. The number of aliphatic hydroxyl groups is 1. The summed E-state index contributed by atoms with van der Waals surface area (Å²) in [4.78, 5) is 12.3. The van der Waals surface area contributed by atoms with Gasteiger partial charge >= 0.3 is 5.97 Å². The number of unbranched alkanes of at least 4 members (excludes halogenated alkanes) is 3. The van der Waals surface area contributed by atoms with E-state index in [0.717, 1.165) is 12.8 Å². The molecule has 4 heteroatoms. The molecule has 0 aliphatic heterocycles. The van der Waals surface area contributed by atoms with E-state index in [0.29, 0.717) is 24.7 Å². The second-order valence-corrected chi connectivity index (χ2v) is 10.2. The third kappa shape index (κ3) is 10.6. The molecular formula is C26H52O4. The maximum Gasteiger partial charge on any atom is 0.335 e. The van der Waals surface area contributed by atoms with Crippen molar-refractivity contribution in [2.24, 2.45) is 5.41 Å². The van der Waals surface area contributed by atoms with Crippen molar-refractivity contribution in [3.05, 3.63) is 0 Å². The minimum Gasteiger partial charge on any atom is -0.479 e. The lowest BCUT2D eigenvalue weighted by Gasteiger charge is -2.40. The third-order valence-corrected chi connectivity index (χ3v) is 6.69. The van der Waals surface area contributed by atoms with Crippen molar-refractivity contribution in [3.8, 4) is 0 Å². The molecule has 0 aliphatic rings. The van der Waals surface area contributed by atoms with E-state index >= 15 is 0 Å². The van der Waals surface area contributed by atoms with Gasteiger partial charge in [0.15, 0.2) is 5.60 Å². The molecule has 0 aromatic rings. The number of hydrogen-bond donors (Lipinski definition) is 2. The predicted molar refractivity (Wildman–Crippen MR) is 127 cm³/mol. The van der Waals surface area contributed by atoms with E-state index in [1.807, 2.05) is 20.8 Å². The largest absolute Gasteiger partial charge is 0.479 e. The highest BCUT2D eigenvalue weighted by atomic mass is 16.5. The lowest BCUT2D eigenvalue weighted by atomic mass is 9.70. The number of carboxylic acid groups (broad SMARTS) is 1. The first-order valence-corrected chi connectivity index (χ1v) is 12.6. The summed E-state index contributed by atoms with van der Waals surface area (Å²) in [6.45, 7) is 14.2. The summed E-state index contributed by atoms with van der Waals surface area (Å²) in [6, 6.07) is 0. The highest BCUT2D eigenvalue weighted by Crippen LogP contribution is 2.43. The molecule has 0 rings (SSSR count). The van der Waals surface area contributed by atoms with Crippen LogP contribution < -0.4 is 0 Å². The minimum absolute atomic E-state index is 0.342. The predicted octanol–water partition coefficient (Wildman–Crippen LogP) is 7.51. The summed E-state index contributed by atoms with van der Waals surface area (Å²) in [5.74, 6) is -0.870. The fourth-order valence-corrected chi connectivity index (χ4v) is 5.04. The van der Waals surface area contributed by atoms with Crippen molar-refractivity contribution in [3.63, 3.8) is 0 Å². The van der Waals surface area contributed by atoms with Crippen molar-refractivity contribution >= 4 is 5.97 Å². The van der Waals surface area contributed by atoms with Gasteiger partial charge in [0.2, 0.25) is 0 Å². The molecule has 0 saturated heterocycles. The van der Waals surface area contributed by atoms with E-state index in [1.165, 1.54) is 57.8 Å². The summed E-state index contributed by atoms with van der Waals surface area (Å²) >= 11 is 0. The zero-order chi connectivity index (χ0) is 23.3. The fourth-order valence-electron chi connectivity index (χ4n) is 5.04. The third-order valence-electron chi connectivity index (χ3n) is 6.69. The van der Waals surface area contributed by atoms with Crippen LogP contribution in [-0.2, 0) is 9.53 Å². The van der Waals surface area contributed by atoms with Gasteiger partial charge in [0, 0.05) is 6.42 Å². The Balaban J connectivity index is 5.41. The zero-order valence-corrected chi connectivity index (χ0v) is 21.2. The van der Waals surface area contributed by atoms with Crippen LogP contribution in [-0.4, -0.2) is 33.5 Å². The van der Waals surface area contributed by atoms with Crippen LogP contribution in [0.25, 0.3) is 0 Å². The van der Waals surface area contributed by atoms with Crippen LogP contribution in [0, 0.1) is 5.41 Å². The van der Waals surface area contributed by atoms with Crippen molar-refractivity contribution in [2.75, 3.05) is 0 Å². The van der Waals surface area contributed by atoms with Crippen LogP contribution in [0.3, 0.4) is 0 Å². The molecule has 0 bridgehead atoms. The molecule has 180 valence electrons. The van der Waals surface area contributed by atoms with Gasteiger partial charge in [0.05, 0.1) is 11.7 Å². The summed E-state index contributed by atoms with van der Waals surface area (Å²) < 4.78 is 6.25. The van der Waals surface area contributed by atoms with Crippen LogP contribution in [0.5, 0.6) is 0 Å². The summed E-state index contributed by atoms with van der Waals surface area (Å²) in [5, 5.41) is 19.9. The number of rotatable bonds is 19. The highest BCUT2D eigenvalue weighted by molar-refractivity contribution is 5.77. The van der Waals surface area contributed by atoms with Gasteiger partial charge in [-0.05, 0) is 71.1 Å². The molecule has 0 heterocycles.